The van der Waals surface area contributed by atoms with Crippen molar-refractivity contribution in [1.29, 1.82) is 0 Å². The van der Waals surface area contributed by atoms with E-state index in [1.54, 1.807) is 11.8 Å². The Labute approximate surface area is 129 Å². The molecule has 1 unspecified atom stereocenters. The maximum absolute atomic E-state index is 10.6. The zero-order valence-electron chi connectivity index (χ0n) is 11.9. The molecule has 1 rings (SSSR count). The molecule has 5 heteroatoms. The maximum atomic E-state index is 10.6. The zero-order valence-corrected chi connectivity index (χ0v) is 13.5. The number of benzene rings is 1. The van der Waals surface area contributed by atoms with Gasteiger partial charge in [-0.3, -0.25) is 4.79 Å². The fraction of sp³-hybridized carbons (Fsp3) is 0.533. The molecule has 112 valence electrons. The summed E-state index contributed by atoms with van der Waals surface area (Å²) in [4.78, 5) is 10.6. The molecular weight excluding hydrogens is 294 g/mol. The van der Waals surface area contributed by atoms with Gasteiger partial charge in [-0.05, 0) is 41.4 Å². The van der Waals surface area contributed by atoms with Gasteiger partial charge >= 0.3 is 5.97 Å². The van der Waals surface area contributed by atoms with Crippen molar-refractivity contribution in [1.82, 2.24) is 0 Å². The van der Waals surface area contributed by atoms with Crippen LogP contribution in [-0.4, -0.2) is 28.6 Å². The third-order valence-electron chi connectivity index (χ3n) is 3.36. The Hall–Kier alpha value is -0.710. The fourth-order valence-corrected chi connectivity index (χ4v) is 3.58. The number of rotatable bonds is 8. The van der Waals surface area contributed by atoms with Crippen LogP contribution in [0.5, 0.6) is 0 Å². The minimum atomic E-state index is -0.929. The lowest BCUT2D eigenvalue weighted by atomic mass is 9.82. The summed E-state index contributed by atoms with van der Waals surface area (Å²) in [5, 5.41) is 9.50. The molecule has 0 amide bonds. The summed E-state index contributed by atoms with van der Waals surface area (Å²) in [5.41, 5.74) is 6.64. The Bertz CT molecular complexity index is 451. The Morgan fingerprint density at radius 2 is 2.05 bits per heavy atom. The van der Waals surface area contributed by atoms with Crippen LogP contribution in [0.1, 0.15) is 32.3 Å². The van der Waals surface area contributed by atoms with Crippen LogP contribution in [0.3, 0.4) is 0 Å². The first-order chi connectivity index (χ1) is 9.34. The molecule has 1 aromatic rings. The Morgan fingerprint density at radius 3 is 2.65 bits per heavy atom. The molecule has 0 bridgehead atoms. The molecule has 0 fully saturated rings. The van der Waals surface area contributed by atoms with Crippen LogP contribution in [-0.2, 0) is 10.2 Å². The first-order valence-electron chi connectivity index (χ1n) is 6.66. The number of carbonyl (C=O) groups is 1. The van der Waals surface area contributed by atoms with Crippen molar-refractivity contribution in [3.05, 3.63) is 34.9 Å². The van der Waals surface area contributed by atoms with E-state index < -0.39 is 12.0 Å². The monoisotopic (exact) mass is 315 g/mol. The summed E-state index contributed by atoms with van der Waals surface area (Å²) >= 11 is 7.98. The molecule has 0 spiro atoms. The highest BCUT2D eigenvalue weighted by Crippen LogP contribution is 2.33. The van der Waals surface area contributed by atoms with Crippen molar-refractivity contribution < 1.29 is 9.90 Å². The van der Waals surface area contributed by atoms with Gasteiger partial charge in [0.1, 0.15) is 6.04 Å². The third kappa shape index (κ3) is 5.35. The molecule has 0 saturated carbocycles. The maximum Gasteiger partial charge on any atom is 0.320 e. The second kappa shape index (κ2) is 7.91. The molecule has 0 aliphatic rings. The number of thioether (sulfide) groups is 1. The molecule has 0 aliphatic carbocycles. The average Bonchev–Trinajstić information content (AvgIpc) is 2.38. The zero-order chi connectivity index (χ0) is 15.2. The van der Waals surface area contributed by atoms with Gasteiger partial charge in [0.2, 0.25) is 0 Å². The van der Waals surface area contributed by atoms with Gasteiger partial charge < -0.3 is 10.8 Å². The molecular formula is C15H22ClNO2S. The van der Waals surface area contributed by atoms with Crippen molar-refractivity contribution in [2.75, 3.05) is 11.5 Å². The van der Waals surface area contributed by atoms with E-state index in [0.29, 0.717) is 6.42 Å². The number of carboxylic acid groups (broad SMARTS) is 1. The fourth-order valence-electron chi connectivity index (χ4n) is 1.91. The molecule has 0 radical (unpaired) electrons. The van der Waals surface area contributed by atoms with E-state index in [-0.39, 0.29) is 5.41 Å². The first kappa shape index (κ1) is 17.3. The number of hydrogen-bond acceptors (Lipinski definition) is 3. The Morgan fingerprint density at radius 1 is 1.40 bits per heavy atom. The van der Waals surface area contributed by atoms with E-state index in [1.807, 2.05) is 18.2 Å². The van der Waals surface area contributed by atoms with Gasteiger partial charge in [0, 0.05) is 5.02 Å². The van der Waals surface area contributed by atoms with Gasteiger partial charge in [0.15, 0.2) is 0 Å². The van der Waals surface area contributed by atoms with E-state index in [2.05, 4.69) is 19.9 Å². The summed E-state index contributed by atoms with van der Waals surface area (Å²) in [6, 6.07) is 7.16. The molecule has 3 nitrogen and oxygen atoms in total. The molecule has 1 atom stereocenters. The van der Waals surface area contributed by atoms with Gasteiger partial charge in [-0.2, -0.15) is 11.8 Å². The van der Waals surface area contributed by atoms with Crippen LogP contribution in [0.4, 0.5) is 0 Å². The smallest absolute Gasteiger partial charge is 0.320 e. The van der Waals surface area contributed by atoms with Crippen molar-refractivity contribution in [2.24, 2.45) is 5.73 Å². The van der Waals surface area contributed by atoms with Crippen LogP contribution >= 0.6 is 23.4 Å². The minimum Gasteiger partial charge on any atom is -0.480 e. The van der Waals surface area contributed by atoms with Crippen LogP contribution in [0.2, 0.25) is 5.02 Å². The SMILES string of the molecule is CC(C)(CCSCCC(N)C(=O)O)c1ccccc1Cl. The number of carboxylic acids is 1. The van der Waals surface area contributed by atoms with Crippen LogP contribution in [0, 0.1) is 0 Å². The molecule has 0 heterocycles. The molecule has 1 aromatic carbocycles. The van der Waals surface area contributed by atoms with Crippen LogP contribution in [0.15, 0.2) is 24.3 Å². The van der Waals surface area contributed by atoms with E-state index in [9.17, 15) is 4.79 Å². The van der Waals surface area contributed by atoms with E-state index in [0.717, 1.165) is 28.5 Å². The van der Waals surface area contributed by atoms with Crippen LogP contribution < -0.4 is 5.73 Å². The standard InChI is InChI=1S/C15H22ClNO2S/c1-15(2,11-5-3-4-6-12(11)16)8-10-20-9-7-13(17)14(18)19/h3-6,13H,7-10,17H2,1-2H3,(H,18,19). The Balaban J connectivity index is 2.38. The lowest BCUT2D eigenvalue weighted by molar-refractivity contribution is -0.138. The highest BCUT2D eigenvalue weighted by Gasteiger charge is 2.22. The summed E-state index contributed by atoms with van der Waals surface area (Å²) in [6.07, 6.45) is 1.50. The lowest BCUT2D eigenvalue weighted by Crippen LogP contribution is -2.30. The molecule has 20 heavy (non-hydrogen) atoms. The van der Waals surface area contributed by atoms with Gasteiger partial charge in [-0.1, -0.05) is 43.6 Å². The van der Waals surface area contributed by atoms with Gasteiger partial charge in [0.05, 0.1) is 0 Å². The van der Waals surface area contributed by atoms with Crippen molar-refractivity contribution >= 4 is 29.3 Å². The second-order valence-corrected chi connectivity index (χ2v) is 7.09. The molecule has 0 aromatic heterocycles. The topological polar surface area (TPSA) is 63.3 Å². The van der Waals surface area contributed by atoms with Gasteiger partial charge in [-0.15, -0.1) is 0 Å². The Kier molecular flexibility index (Phi) is 6.86. The summed E-state index contributed by atoms with van der Waals surface area (Å²) in [6.45, 7) is 4.36. The van der Waals surface area contributed by atoms with Crippen molar-refractivity contribution in [3.63, 3.8) is 0 Å². The predicted molar refractivity (Wildman–Crippen MR) is 86.6 cm³/mol. The molecule has 0 saturated heterocycles. The normalized spacial score (nSPS) is 13.2. The second-order valence-electron chi connectivity index (χ2n) is 5.46. The quantitative estimate of drug-likeness (QED) is 0.720. The number of hydrogen-bond donors (Lipinski definition) is 2. The minimum absolute atomic E-state index is 0.0141. The average molecular weight is 316 g/mol. The largest absolute Gasteiger partial charge is 0.480 e. The number of halogens is 1. The third-order valence-corrected chi connectivity index (χ3v) is 4.71. The van der Waals surface area contributed by atoms with Crippen molar-refractivity contribution in [2.45, 2.75) is 38.1 Å². The highest BCUT2D eigenvalue weighted by atomic mass is 35.5. The molecule has 0 aliphatic heterocycles. The lowest BCUT2D eigenvalue weighted by Gasteiger charge is -2.26. The summed E-state index contributed by atoms with van der Waals surface area (Å²) in [5.74, 6) is 0.804. The highest BCUT2D eigenvalue weighted by molar-refractivity contribution is 7.99. The number of nitrogens with two attached hydrogens (primary N) is 1. The van der Waals surface area contributed by atoms with Gasteiger partial charge in [0.25, 0.3) is 0 Å². The number of aliphatic carboxylic acids is 1. The van der Waals surface area contributed by atoms with Gasteiger partial charge in [-0.25, -0.2) is 0 Å². The predicted octanol–water partition coefficient (Wildman–Crippen LogP) is 3.54. The van der Waals surface area contributed by atoms with E-state index in [1.165, 1.54) is 0 Å². The van der Waals surface area contributed by atoms with Crippen LogP contribution in [0.25, 0.3) is 0 Å². The van der Waals surface area contributed by atoms with E-state index in [4.69, 9.17) is 22.4 Å². The van der Waals surface area contributed by atoms with E-state index >= 15 is 0 Å². The molecule has 3 N–H and O–H groups in total. The first-order valence-corrected chi connectivity index (χ1v) is 8.19. The van der Waals surface area contributed by atoms with Crippen molar-refractivity contribution in [3.8, 4) is 0 Å². The summed E-state index contributed by atoms with van der Waals surface area (Å²) in [7, 11) is 0. The summed E-state index contributed by atoms with van der Waals surface area (Å²) < 4.78 is 0.